The lowest BCUT2D eigenvalue weighted by Gasteiger charge is -2.30. The third-order valence-electron chi connectivity index (χ3n) is 4.15. The van der Waals surface area contributed by atoms with Gasteiger partial charge in [0, 0.05) is 37.9 Å². The number of likely N-dealkylation sites (N-methyl/N-ethyl adjacent to an activating group) is 1. The van der Waals surface area contributed by atoms with Gasteiger partial charge in [-0.3, -0.25) is 0 Å². The SMILES string of the molecule is Cc1ccc(N2CC(C)CN(C)C(CN)C2)c(C)c1. The first-order valence-corrected chi connectivity index (χ1v) is 7.23. The Morgan fingerprint density at radius 3 is 2.58 bits per heavy atom. The van der Waals surface area contributed by atoms with Gasteiger partial charge >= 0.3 is 0 Å². The van der Waals surface area contributed by atoms with E-state index in [1.165, 1.54) is 16.8 Å². The molecular weight excluding hydrogens is 234 g/mol. The predicted octanol–water partition coefficient (Wildman–Crippen LogP) is 2.02. The van der Waals surface area contributed by atoms with E-state index in [4.69, 9.17) is 5.73 Å². The number of nitrogens with zero attached hydrogens (tertiary/aromatic N) is 2. The Hall–Kier alpha value is -1.06. The number of hydrogen-bond donors (Lipinski definition) is 1. The van der Waals surface area contributed by atoms with Crippen LogP contribution in [0.5, 0.6) is 0 Å². The molecule has 1 fully saturated rings. The molecule has 0 radical (unpaired) electrons. The maximum atomic E-state index is 5.94. The molecule has 0 saturated carbocycles. The second-order valence-electron chi connectivity index (χ2n) is 6.13. The van der Waals surface area contributed by atoms with Gasteiger partial charge in [-0.15, -0.1) is 0 Å². The standard InChI is InChI=1S/C16H27N3/c1-12-5-6-16(14(3)7-12)19-10-13(2)9-18(4)15(8-17)11-19/h5-7,13,15H,8-11,17H2,1-4H3. The smallest absolute Gasteiger partial charge is 0.0396 e. The Labute approximate surface area is 117 Å². The molecule has 1 saturated heterocycles. The molecule has 0 spiro atoms. The lowest BCUT2D eigenvalue weighted by Crippen LogP contribution is -2.44. The molecule has 0 amide bonds. The van der Waals surface area contributed by atoms with Gasteiger partial charge in [-0.25, -0.2) is 0 Å². The van der Waals surface area contributed by atoms with E-state index in [0.717, 1.165) is 26.2 Å². The fraction of sp³-hybridized carbons (Fsp3) is 0.625. The molecule has 2 atom stereocenters. The van der Waals surface area contributed by atoms with Crippen molar-refractivity contribution in [1.82, 2.24) is 4.90 Å². The van der Waals surface area contributed by atoms with E-state index in [2.05, 4.69) is 55.8 Å². The lowest BCUT2D eigenvalue weighted by atomic mass is 10.1. The molecule has 1 aromatic rings. The van der Waals surface area contributed by atoms with Gasteiger partial charge < -0.3 is 15.5 Å². The maximum absolute atomic E-state index is 5.94. The van der Waals surface area contributed by atoms with E-state index >= 15 is 0 Å². The van der Waals surface area contributed by atoms with Crippen molar-refractivity contribution in [2.45, 2.75) is 26.8 Å². The Morgan fingerprint density at radius 2 is 1.95 bits per heavy atom. The van der Waals surface area contributed by atoms with E-state index in [0.29, 0.717) is 12.0 Å². The predicted molar refractivity (Wildman–Crippen MR) is 82.8 cm³/mol. The first-order chi connectivity index (χ1) is 9.01. The fourth-order valence-electron chi connectivity index (χ4n) is 3.15. The number of benzene rings is 1. The summed E-state index contributed by atoms with van der Waals surface area (Å²) in [6.07, 6.45) is 0. The highest BCUT2D eigenvalue weighted by atomic mass is 15.2. The summed E-state index contributed by atoms with van der Waals surface area (Å²) in [7, 11) is 2.19. The van der Waals surface area contributed by atoms with Gasteiger partial charge in [0.25, 0.3) is 0 Å². The minimum Gasteiger partial charge on any atom is -0.369 e. The molecule has 2 rings (SSSR count). The number of aryl methyl sites for hydroxylation is 2. The maximum Gasteiger partial charge on any atom is 0.0396 e. The van der Waals surface area contributed by atoms with Gasteiger partial charge in [-0.2, -0.15) is 0 Å². The highest BCUT2D eigenvalue weighted by Gasteiger charge is 2.25. The van der Waals surface area contributed by atoms with E-state index in [9.17, 15) is 0 Å². The van der Waals surface area contributed by atoms with Gasteiger partial charge in [0.15, 0.2) is 0 Å². The van der Waals surface area contributed by atoms with Crippen molar-refractivity contribution in [3.05, 3.63) is 29.3 Å². The lowest BCUT2D eigenvalue weighted by molar-refractivity contribution is 0.244. The Balaban J connectivity index is 2.26. The van der Waals surface area contributed by atoms with Crippen molar-refractivity contribution in [1.29, 1.82) is 0 Å². The Bertz CT molecular complexity index is 430. The number of anilines is 1. The Morgan fingerprint density at radius 1 is 1.21 bits per heavy atom. The zero-order valence-corrected chi connectivity index (χ0v) is 12.7. The van der Waals surface area contributed by atoms with Crippen LogP contribution in [0.4, 0.5) is 5.69 Å². The molecule has 1 aromatic carbocycles. The molecule has 2 unspecified atom stereocenters. The molecule has 3 nitrogen and oxygen atoms in total. The number of rotatable bonds is 2. The van der Waals surface area contributed by atoms with Gasteiger partial charge in [-0.05, 0) is 38.4 Å². The summed E-state index contributed by atoms with van der Waals surface area (Å²) in [4.78, 5) is 4.93. The van der Waals surface area contributed by atoms with Crippen LogP contribution < -0.4 is 10.6 Å². The summed E-state index contributed by atoms with van der Waals surface area (Å²) in [6, 6.07) is 7.19. The van der Waals surface area contributed by atoms with Crippen LogP contribution in [0.3, 0.4) is 0 Å². The van der Waals surface area contributed by atoms with E-state index in [1.54, 1.807) is 0 Å². The molecule has 1 aliphatic heterocycles. The van der Waals surface area contributed by atoms with Crippen LogP contribution in [-0.2, 0) is 0 Å². The second-order valence-corrected chi connectivity index (χ2v) is 6.13. The van der Waals surface area contributed by atoms with E-state index < -0.39 is 0 Å². The van der Waals surface area contributed by atoms with Crippen LogP contribution in [0.1, 0.15) is 18.1 Å². The molecule has 0 bridgehead atoms. The third-order valence-corrected chi connectivity index (χ3v) is 4.15. The zero-order chi connectivity index (χ0) is 14.0. The van der Waals surface area contributed by atoms with Crippen molar-refractivity contribution >= 4 is 5.69 Å². The molecule has 1 aliphatic rings. The average molecular weight is 261 g/mol. The number of nitrogens with two attached hydrogens (primary N) is 1. The summed E-state index contributed by atoms with van der Waals surface area (Å²) in [5.74, 6) is 0.669. The molecule has 3 heteroatoms. The van der Waals surface area contributed by atoms with Crippen LogP contribution >= 0.6 is 0 Å². The topological polar surface area (TPSA) is 32.5 Å². The summed E-state index contributed by atoms with van der Waals surface area (Å²) in [6.45, 7) is 10.7. The first-order valence-electron chi connectivity index (χ1n) is 7.23. The highest BCUT2D eigenvalue weighted by Crippen LogP contribution is 2.24. The second kappa shape index (κ2) is 5.93. The normalized spacial score (nSPS) is 25.4. The Kier molecular flexibility index (Phi) is 4.48. The largest absolute Gasteiger partial charge is 0.369 e. The minimum absolute atomic E-state index is 0.450. The molecular formula is C16H27N3. The molecule has 2 N–H and O–H groups in total. The summed E-state index contributed by atoms with van der Waals surface area (Å²) in [5.41, 5.74) is 10.0. The van der Waals surface area contributed by atoms with Gasteiger partial charge in [0.2, 0.25) is 0 Å². The van der Waals surface area contributed by atoms with Crippen molar-refractivity contribution in [3.63, 3.8) is 0 Å². The molecule has 0 aliphatic carbocycles. The van der Waals surface area contributed by atoms with Gasteiger partial charge in [0.1, 0.15) is 0 Å². The van der Waals surface area contributed by atoms with Gasteiger partial charge in [0.05, 0.1) is 0 Å². The monoisotopic (exact) mass is 261 g/mol. The fourth-order valence-corrected chi connectivity index (χ4v) is 3.15. The third kappa shape index (κ3) is 3.28. The summed E-state index contributed by atoms with van der Waals surface area (Å²) in [5, 5.41) is 0. The van der Waals surface area contributed by atoms with Crippen LogP contribution in [0.25, 0.3) is 0 Å². The minimum atomic E-state index is 0.450. The quantitative estimate of drug-likeness (QED) is 0.884. The van der Waals surface area contributed by atoms with Crippen LogP contribution in [0.15, 0.2) is 18.2 Å². The molecule has 0 aromatic heterocycles. The first kappa shape index (κ1) is 14.4. The molecule has 1 heterocycles. The average Bonchev–Trinajstić information content (AvgIpc) is 2.47. The molecule has 106 valence electrons. The van der Waals surface area contributed by atoms with Crippen molar-refractivity contribution in [2.24, 2.45) is 11.7 Å². The van der Waals surface area contributed by atoms with Crippen LogP contribution in [-0.4, -0.2) is 44.2 Å². The van der Waals surface area contributed by atoms with Crippen molar-refractivity contribution in [3.8, 4) is 0 Å². The van der Waals surface area contributed by atoms with Crippen LogP contribution in [0, 0.1) is 19.8 Å². The van der Waals surface area contributed by atoms with Crippen molar-refractivity contribution in [2.75, 3.05) is 38.1 Å². The highest BCUT2D eigenvalue weighted by molar-refractivity contribution is 5.54. The van der Waals surface area contributed by atoms with Crippen molar-refractivity contribution < 1.29 is 0 Å². The number of hydrogen-bond acceptors (Lipinski definition) is 3. The van der Waals surface area contributed by atoms with Crippen LogP contribution in [0.2, 0.25) is 0 Å². The summed E-state index contributed by atoms with van der Waals surface area (Å²) < 4.78 is 0. The van der Waals surface area contributed by atoms with E-state index in [1.807, 2.05) is 0 Å². The van der Waals surface area contributed by atoms with E-state index in [-0.39, 0.29) is 0 Å². The van der Waals surface area contributed by atoms with Gasteiger partial charge in [-0.1, -0.05) is 24.6 Å². The molecule has 19 heavy (non-hydrogen) atoms. The zero-order valence-electron chi connectivity index (χ0n) is 12.7. The summed E-state index contributed by atoms with van der Waals surface area (Å²) >= 11 is 0.